The standard InChI is InChI=1S/C16H23BrFN/c1-2-19-16(13-5-3-4-6-13)10-8-12-7-9-14(18)11-15(12)17/h7,9,11,13,16,19H,2-6,8,10H2,1H3. The number of halogens is 2. The lowest BCUT2D eigenvalue weighted by Gasteiger charge is -2.24. The molecule has 0 amide bonds. The molecule has 1 fully saturated rings. The maximum absolute atomic E-state index is 13.1. The second-order valence-corrected chi connectivity index (χ2v) is 6.34. The summed E-state index contributed by atoms with van der Waals surface area (Å²) in [5.41, 5.74) is 1.21. The number of hydrogen-bond acceptors (Lipinski definition) is 1. The van der Waals surface area contributed by atoms with Crippen molar-refractivity contribution in [2.45, 2.75) is 51.5 Å². The zero-order valence-corrected chi connectivity index (χ0v) is 13.2. The van der Waals surface area contributed by atoms with Gasteiger partial charge in [0.25, 0.3) is 0 Å². The Balaban J connectivity index is 1.93. The number of benzene rings is 1. The van der Waals surface area contributed by atoms with Crippen molar-refractivity contribution in [3.05, 3.63) is 34.1 Å². The number of hydrogen-bond donors (Lipinski definition) is 1. The highest BCUT2D eigenvalue weighted by Gasteiger charge is 2.24. The summed E-state index contributed by atoms with van der Waals surface area (Å²) in [4.78, 5) is 0. The molecule has 1 nitrogen and oxygen atoms in total. The molecule has 1 aliphatic carbocycles. The molecule has 0 radical (unpaired) electrons. The highest BCUT2D eigenvalue weighted by molar-refractivity contribution is 9.10. The summed E-state index contributed by atoms with van der Waals surface area (Å²) in [6, 6.07) is 5.63. The van der Waals surface area contributed by atoms with Gasteiger partial charge in [0.05, 0.1) is 0 Å². The van der Waals surface area contributed by atoms with Crippen molar-refractivity contribution < 1.29 is 4.39 Å². The van der Waals surface area contributed by atoms with E-state index in [0.717, 1.165) is 29.8 Å². The van der Waals surface area contributed by atoms with E-state index < -0.39 is 0 Å². The normalized spacial score (nSPS) is 17.8. The molecule has 1 saturated carbocycles. The molecule has 19 heavy (non-hydrogen) atoms. The Morgan fingerprint density at radius 3 is 2.74 bits per heavy atom. The lowest BCUT2D eigenvalue weighted by Crippen LogP contribution is -2.35. The summed E-state index contributed by atoms with van der Waals surface area (Å²) in [6.45, 7) is 3.21. The molecule has 2 rings (SSSR count). The molecule has 1 aromatic rings. The summed E-state index contributed by atoms with van der Waals surface area (Å²) >= 11 is 3.46. The maximum Gasteiger partial charge on any atom is 0.124 e. The molecule has 0 spiro atoms. The van der Waals surface area contributed by atoms with Gasteiger partial charge in [0, 0.05) is 10.5 Å². The summed E-state index contributed by atoms with van der Waals surface area (Å²) in [5, 5.41) is 3.64. The van der Waals surface area contributed by atoms with Crippen molar-refractivity contribution in [3.8, 4) is 0 Å². The van der Waals surface area contributed by atoms with Gasteiger partial charge in [-0.25, -0.2) is 4.39 Å². The van der Waals surface area contributed by atoms with Crippen LogP contribution in [0.5, 0.6) is 0 Å². The van der Waals surface area contributed by atoms with E-state index in [1.165, 1.54) is 31.2 Å². The van der Waals surface area contributed by atoms with E-state index in [-0.39, 0.29) is 5.82 Å². The second kappa shape index (κ2) is 7.39. The molecule has 1 aliphatic rings. The van der Waals surface area contributed by atoms with Crippen LogP contribution in [0.25, 0.3) is 0 Å². The van der Waals surface area contributed by atoms with Gasteiger partial charge in [-0.15, -0.1) is 0 Å². The zero-order valence-electron chi connectivity index (χ0n) is 11.6. The highest BCUT2D eigenvalue weighted by Crippen LogP contribution is 2.30. The molecular formula is C16H23BrFN. The largest absolute Gasteiger partial charge is 0.314 e. The molecule has 0 aromatic heterocycles. The minimum atomic E-state index is -0.172. The van der Waals surface area contributed by atoms with Gasteiger partial charge < -0.3 is 5.32 Å². The van der Waals surface area contributed by atoms with Gasteiger partial charge >= 0.3 is 0 Å². The van der Waals surface area contributed by atoms with Crippen molar-refractivity contribution >= 4 is 15.9 Å². The van der Waals surface area contributed by atoms with E-state index in [1.54, 1.807) is 12.1 Å². The predicted molar refractivity (Wildman–Crippen MR) is 81.8 cm³/mol. The number of rotatable bonds is 6. The number of nitrogens with one attached hydrogen (secondary N) is 1. The molecule has 1 unspecified atom stereocenters. The summed E-state index contributed by atoms with van der Waals surface area (Å²) in [7, 11) is 0. The van der Waals surface area contributed by atoms with Crippen LogP contribution in [0.3, 0.4) is 0 Å². The van der Waals surface area contributed by atoms with E-state index in [1.807, 2.05) is 6.07 Å². The minimum absolute atomic E-state index is 0.172. The van der Waals surface area contributed by atoms with Crippen molar-refractivity contribution in [1.82, 2.24) is 5.32 Å². The summed E-state index contributed by atoms with van der Waals surface area (Å²) in [5.74, 6) is 0.661. The maximum atomic E-state index is 13.1. The van der Waals surface area contributed by atoms with Gasteiger partial charge in [-0.3, -0.25) is 0 Å². The van der Waals surface area contributed by atoms with Crippen LogP contribution in [0.15, 0.2) is 22.7 Å². The van der Waals surface area contributed by atoms with Crippen molar-refractivity contribution in [2.75, 3.05) is 6.54 Å². The van der Waals surface area contributed by atoms with E-state index in [0.29, 0.717) is 6.04 Å². The van der Waals surface area contributed by atoms with Crippen LogP contribution in [0.4, 0.5) is 4.39 Å². The Morgan fingerprint density at radius 1 is 1.37 bits per heavy atom. The lowest BCUT2D eigenvalue weighted by atomic mass is 9.92. The third-order valence-corrected chi connectivity index (χ3v) is 4.91. The Labute approximate surface area is 124 Å². The average molecular weight is 328 g/mol. The molecule has 1 atom stereocenters. The van der Waals surface area contributed by atoms with Gasteiger partial charge in [0.2, 0.25) is 0 Å². The van der Waals surface area contributed by atoms with Gasteiger partial charge in [-0.1, -0.05) is 41.8 Å². The quantitative estimate of drug-likeness (QED) is 0.799. The molecule has 0 saturated heterocycles. The van der Waals surface area contributed by atoms with Crippen LogP contribution in [0.2, 0.25) is 0 Å². The van der Waals surface area contributed by atoms with E-state index in [4.69, 9.17) is 0 Å². The molecule has 3 heteroatoms. The Morgan fingerprint density at radius 2 is 2.11 bits per heavy atom. The molecule has 0 aliphatic heterocycles. The van der Waals surface area contributed by atoms with Gasteiger partial charge in [-0.2, -0.15) is 0 Å². The Kier molecular flexibility index (Phi) is 5.83. The van der Waals surface area contributed by atoms with Crippen LogP contribution >= 0.6 is 15.9 Å². The van der Waals surface area contributed by atoms with Crippen LogP contribution in [-0.2, 0) is 6.42 Å². The van der Waals surface area contributed by atoms with Crippen molar-refractivity contribution in [2.24, 2.45) is 5.92 Å². The topological polar surface area (TPSA) is 12.0 Å². The third kappa shape index (κ3) is 4.28. The Bertz CT molecular complexity index is 402. The zero-order chi connectivity index (χ0) is 13.7. The molecule has 0 heterocycles. The predicted octanol–water partition coefficient (Wildman–Crippen LogP) is 4.69. The first kappa shape index (κ1) is 15.0. The van der Waals surface area contributed by atoms with Crippen LogP contribution in [0.1, 0.15) is 44.6 Å². The van der Waals surface area contributed by atoms with E-state index in [2.05, 4.69) is 28.2 Å². The van der Waals surface area contributed by atoms with E-state index >= 15 is 0 Å². The first-order valence-electron chi connectivity index (χ1n) is 7.38. The smallest absolute Gasteiger partial charge is 0.124 e. The van der Waals surface area contributed by atoms with Gasteiger partial charge in [-0.05, 0) is 55.8 Å². The van der Waals surface area contributed by atoms with Gasteiger partial charge in [0.15, 0.2) is 0 Å². The molecule has 1 N–H and O–H groups in total. The Hall–Kier alpha value is -0.410. The first-order valence-corrected chi connectivity index (χ1v) is 8.17. The summed E-state index contributed by atoms with van der Waals surface area (Å²) in [6.07, 6.45) is 7.64. The average Bonchev–Trinajstić information content (AvgIpc) is 2.90. The second-order valence-electron chi connectivity index (χ2n) is 5.48. The SMILES string of the molecule is CCNC(CCc1ccc(F)cc1Br)C1CCCC1. The fraction of sp³-hybridized carbons (Fsp3) is 0.625. The lowest BCUT2D eigenvalue weighted by molar-refractivity contribution is 0.346. The highest BCUT2D eigenvalue weighted by atomic mass is 79.9. The van der Waals surface area contributed by atoms with E-state index in [9.17, 15) is 4.39 Å². The fourth-order valence-corrected chi connectivity index (χ4v) is 3.71. The monoisotopic (exact) mass is 327 g/mol. The first-order chi connectivity index (χ1) is 9.20. The summed E-state index contributed by atoms with van der Waals surface area (Å²) < 4.78 is 14.0. The van der Waals surface area contributed by atoms with Gasteiger partial charge in [0.1, 0.15) is 5.82 Å². The third-order valence-electron chi connectivity index (χ3n) is 4.17. The fourth-order valence-electron chi connectivity index (χ4n) is 3.16. The molecule has 1 aromatic carbocycles. The molecule has 0 bridgehead atoms. The van der Waals surface area contributed by atoms with Crippen LogP contribution in [-0.4, -0.2) is 12.6 Å². The van der Waals surface area contributed by atoms with Crippen molar-refractivity contribution in [1.29, 1.82) is 0 Å². The number of aryl methyl sites for hydroxylation is 1. The molecular weight excluding hydrogens is 305 g/mol. The van der Waals surface area contributed by atoms with Crippen molar-refractivity contribution in [3.63, 3.8) is 0 Å². The van der Waals surface area contributed by atoms with Crippen LogP contribution < -0.4 is 5.32 Å². The molecule has 106 valence electrons. The van der Waals surface area contributed by atoms with Crippen LogP contribution in [0, 0.1) is 11.7 Å². The minimum Gasteiger partial charge on any atom is -0.314 e.